The van der Waals surface area contributed by atoms with Crippen LogP contribution in [0.1, 0.15) is 59.8 Å². The first kappa shape index (κ1) is 29.8. The summed E-state index contributed by atoms with van der Waals surface area (Å²) in [5, 5.41) is 57.7. The van der Waals surface area contributed by atoms with E-state index >= 15 is 0 Å². The fourth-order valence-corrected chi connectivity index (χ4v) is 7.18. The number of epoxide rings is 1. The molecular weight excluding hydrogens is 504 g/mol. The summed E-state index contributed by atoms with van der Waals surface area (Å²) in [4.78, 5) is 26.2. The average Bonchev–Trinajstić information content (AvgIpc) is 3.57. The Hall–Kier alpha value is -2.14. The smallest absolute Gasteiger partial charge is 0.331 e. The zero-order valence-electron chi connectivity index (χ0n) is 23.2. The molecule has 0 spiro atoms. The minimum absolute atomic E-state index is 0.100. The van der Waals surface area contributed by atoms with Crippen molar-refractivity contribution in [2.24, 2.45) is 17.8 Å². The number of carbonyl (C=O) groups is 2. The molecule has 216 valence electrons. The van der Waals surface area contributed by atoms with Crippen molar-refractivity contribution >= 4 is 11.8 Å². The second kappa shape index (κ2) is 10.4. The first-order chi connectivity index (χ1) is 18.3. The molecular formula is C30H42O9. The second-order valence-corrected chi connectivity index (χ2v) is 11.9. The topological polar surface area (TPSA) is 157 Å². The van der Waals surface area contributed by atoms with Crippen molar-refractivity contribution in [3.8, 4) is 0 Å². The van der Waals surface area contributed by atoms with Crippen LogP contribution in [-0.2, 0) is 19.1 Å². The number of ether oxygens (including phenoxy) is 2. The van der Waals surface area contributed by atoms with E-state index in [9.17, 15) is 35.1 Å². The minimum Gasteiger partial charge on any atom is -0.455 e. The molecule has 1 heterocycles. The molecule has 0 amide bonds. The van der Waals surface area contributed by atoms with E-state index in [1.807, 2.05) is 6.08 Å². The highest BCUT2D eigenvalue weighted by atomic mass is 16.6. The van der Waals surface area contributed by atoms with E-state index in [4.69, 9.17) is 9.47 Å². The summed E-state index contributed by atoms with van der Waals surface area (Å²) >= 11 is 0. The van der Waals surface area contributed by atoms with Crippen LogP contribution >= 0.6 is 0 Å². The molecule has 2 saturated carbocycles. The number of ketones is 1. The molecule has 4 aliphatic rings. The van der Waals surface area contributed by atoms with Crippen LogP contribution in [0.3, 0.4) is 0 Å². The number of Topliss-reactive ketones (excluding diaryl/α,β-unsaturated/α-hetero) is 1. The summed E-state index contributed by atoms with van der Waals surface area (Å²) in [5.74, 6) is -4.84. The number of hydrogen-bond donors (Lipinski definition) is 5. The third-order valence-electron chi connectivity index (χ3n) is 9.51. The van der Waals surface area contributed by atoms with Gasteiger partial charge in [-0.05, 0) is 50.2 Å². The molecule has 3 aliphatic carbocycles. The van der Waals surface area contributed by atoms with E-state index in [-0.39, 0.29) is 12.0 Å². The average molecular weight is 547 g/mol. The molecule has 0 unspecified atom stereocenters. The lowest BCUT2D eigenvalue weighted by molar-refractivity contribution is -0.252. The van der Waals surface area contributed by atoms with Gasteiger partial charge in [-0.1, -0.05) is 57.6 Å². The van der Waals surface area contributed by atoms with Gasteiger partial charge in [-0.2, -0.15) is 0 Å². The molecule has 0 bridgehead atoms. The van der Waals surface area contributed by atoms with Crippen molar-refractivity contribution in [3.63, 3.8) is 0 Å². The SMILES string of the molecule is C=C(C)[C@]1(O)C[C@@H](C)[C@@]2(O)[C@H]([C@H]1OC(=O)C=CC=CCCCCC)[C@@H]1O[C@]1(CO)[C@@H](O)[C@]1(O)C(=O)C(C)=C[C@H]12. The van der Waals surface area contributed by atoms with Crippen LogP contribution in [-0.4, -0.2) is 84.6 Å². The van der Waals surface area contributed by atoms with Gasteiger partial charge in [0.1, 0.15) is 29.5 Å². The van der Waals surface area contributed by atoms with E-state index in [0.717, 1.165) is 25.7 Å². The molecule has 9 heteroatoms. The zero-order chi connectivity index (χ0) is 29.0. The highest BCUT2D eigenvalue weighted by molar-refractivity contribution is 6.05. The number of rotatable bonds is 9. The van der Waals surface area contributed by atoms with Crippen LogP contribution in [0.4, 0.5) is 0 Å². The van der Waals surface area contributed by atoms with Gasteiger partial charge in [0.05, 0.1) is 18.1 Å². The van der Waals surface area contributed by atoms with E-state index in [0.29, 0.717) is 5.57 Å². The molecule has 1 saturated heterocycles. The minimum atomic E-state index is -2.48. The Morgan fingerprint density at radius 1 is 1.26 bits per heavy atom. The lowest BCUT2D eigenvalue weighted by Gasteiger charge is -2.57. The monoisotopic (exact) mass is 546 g/mol. The summed E-state index contributed by atoms with van der Waals surface area (Å²) in [6, 6.07) is 0. The van der Waals surface area contributed by atoms with Crippen molar-refractivity contribution in [2.75, 3.05) is 6.61 Å². The Bertz CT molecular complexity index is 1110. The van der Waals surface area contributed by atoms with Gasteiger partial charge in [-0.15, -0.1) is 0 Å². The summed E-state index contributed by atoms with van der Waals surface area (Å²) in [6.07, 6.45) is 7.47. The summed E-state index contributed by atoms with van der Waals surface area (Å²) in [5.41, 5.74) is -7.59. The first-order valence-corrected chi connectivity index (χ1v) is 13.8. The van der Waals surface area contributed by atoms with Gasteiger partial charge in [0.25, 0.3) is 0 Å². The molecule has 5 N–H and O–H groups in total. The molecule has 4 rings (SSSR count). The molecule has 10 atom stereocenters. The maximum Gasteiger partial charge on any atom is 0.331 e. The van der Waals surface area contributed by atoms with Crippen molar-refractivity contribution in [1.29, 1.82) is 0 Å². The van der Waals surface area contributed by atoms with Gasteiger partial charge >= 0.3 is 5.97 Å². The lowest BCUT2D eigenvalue weighted by Crippen LogP contribution is -2.71. The number of allylic oxidation sites excluding steroid dienone is 3. The summed E-state index contributed by atoms with van der Waals surface area (Å²) < 4.78 is 11.7. The van der Waals surface area contributed by atoms with E-state index in [2.05, 4.69) is 13.5 Å². The van der Waals surface area contributed by atoms with Gasteiger partial charge in [0, 0.05) is 12.0 Å². The Morgan fingerprint density at radius 3 is 2.56 bits per heavy atom. The van der Waals surface area contributed by atoms with Crippen LogP contribution in [0.5, 0.6) is 0 Å². The third-order valence-corrected chi connectivity index (χ3v) is 9.51. The summed E-state index contributed by atoms with van der Waals surface area (Å²) in [6.45, 7) is 10.0. The second-order valence-electron chi connectivity index (χ2n) is 11.9. The molecule has 1 aliphatic heterocycles. The van der Waals surface area contributed by atoms with Crippen LogP contribution in [0.2, 0.25) is 0 Å². The first-order valence-electron chi connectivity index (χ1n) is 13.8. The number of unbranched alkanes of at least 4 members (excludes halogenated alkanes) is 3. The Balaban J connectivity index is 1.76. The van der Waals surface area contributed by atoms with Crippen molar-refractivity contribution in [3.05, 3.63) is 48.1 Å². The highest BCUT2D eigenvalue weighted by Gasteiger charge is 2.83. The van der Waals surface area contributed by atoms with Gasteiger partial charge in [0.15, 0.2) is 11.4 Å². The number of esters is 1. The van der Waals surface area contributed by atoms with Crippen LogP contribution in [0, 0.1) is 17.8 Å². The molecule has 0 aromatic carbocycles. The predicted octanol–water partition coefficient (Wildman–Crippen LogP) is 1.67. The number of fused-ring (bicyclic) bond motifs is 5. The predicted molar refractivity (Wildman–Crippen MR) is 142 cm³/mol. The molecule has 0 aromatic rings. The van der Waals surface area contributed by atoms with Crippen LogP contribution < -0.4 is 0 Å². The van der Waals surface area contributed by atoms with E-state index in [1.54, 1.807) is 19.9 Å². The largest absolute Gasteiger partial charge is 0.455 e. The summed E-state index contributed by atoms with van der Waals surface area (Å²) in [7, 11) is 0. The van der Waals surface area contributed by atoms with Crippen molar-refractivity contribution in [2.45, 2.75) is 101 Å². The fraction of sp³-hybridized carbons (Fsp3) is 0.667. The van der Waals surface area contributed by atoms with Crippen molar-refractivity contribution in [1.82, 2.24) is 0 Å². The third kappa shape index (κ3) is 4.29. The van der Waals surface area contributed by atoms with Gasteiger partial charge in [-0.3, -0.25) is 4.79 Å². The van der Waals surface area contributed by atoms with Gasteiger partial charge in [-0.25, -0.2) is 4.79 Å². The number of carbonyl (C=O) groups excluding carboxylic acids is 2. The van der Waals surface area contributed by atoms with Gasteiger partial charge < -0.3 is 35.0 Å². The number of aliphatic hydroxyl groups is 5. The highest BCUT2D eigenvalue weighted by Crippen LogP contribution is 2.65. The molecule has 0 radical (unpaired) electrons. The number of aliphatic hydroxyl groups excluding tert-OH is 2. The quantitative estimate of drug-likeness (QED) is 0.0725. The maximum absolute atomic E-state index is 13.2. The Labute approximate surface area is 229 Å². The normalized spacial score (nSPS) is 44.9. The van der Waals surface area contributed by atoms with Crippen LogP contribution in [0.15, 0.2) is 48.1 Å². The Morgan fingerprint density at radius 2 is 1.95 bits per heavy atom. The fourth-order valence-electron chi connectivity index (χ4n) is 7.18. The number of hydrogen-bond acceptors (Lipinski definition) is 9. The molecule has 39 heavy (non-hydrogen) atoms. The zero-order valence-corrected chi connectivity index (χ0v) is 23.2. The molecule has 9 nitrogen and oxygen atoms in total. The van der Waals surface area contributed by atoms with Crippen LogP contribution in [0.25, 0.3) is 0 Å². The Kier molecular flexibility index (Phi) is 7.92. The maximum atomic E-state index is 13.2. The van der Waals surface area contributed by atoms with Crippen molar-refractivity contribution < 1.29 is 44.6 Å². The van der Waals surface area contributed by atoms with Gasteiger partial charge in [0.2, 0.25) is 0 Å². The molecule has 0 aromatic heterocycles. The molecule has 3 fully saturated rings. The standard InChI is InChI=1S/C30H42O9/c1-6-7-8-9-10-11-12-13-21(32)38-24-22-25-28(16-31,39-25)26(34)30(37)20(14-18(4)23(30)33)29(22,36)19(5)15-27(24,35)17(2)3/h10-14,19-20,22,24-26,31,34-37H,2,6-9,15-16H2,1,3-5H3/t19-,20+,22-,24-,25+,26-,27-,28+,29+,30-/m1/s1. The lowest BCUT2D eigenvalue weighted by atomic mass is 9.54. The van der Waals surface area contributed by atoms with E-state index < -0.39 is 76.8 Å². The van der Waals surface area contributed by atoms with E-state index in [1.165, 1.54) is 25.2 Å².